The molecule has 1 N–H and O–H groups in total. The lowest BCUT2D eigenvalue weighted by Crippen LogP contribution is -2.13. The van der Waals surface area contributed by atoms with Gasteiger partial charge in [-0.1, -0.05) is 12.1 Å². The van der Waals surface area contributed by atoms with E-state index in [2.05, 4.69) is 14.8 Å². The van der Waals surface area contributed by atoms with Gasteiger partial charge in [-0.2, -0.15) is 5.10 Å². The molecule has 0 unspecified atom stereocenters. The molecular formula is C16H16N4O3S. The number of carbonyl (C=O) groups is 1. The fraction of sp³-hybridized carbons (Fsp3) is 0.188. The zero-order valence-corrected chi connectivity index (χ0v) is 14.3. The Labute approximate surface area is 139 Å². The highest BCUT2D eigenvalue weighted by atomic mass is 32.2. The molecule has 24 heavy (non-hydrogen) atoms. The second kappa shape index (κ2) is 5.72. The third-order valence-corrected chi connectivity index (χ3v) is 5.05. The molecule has 8 heteroatoms. The van der Waals surface area contributed by atoms with Crippen LogP contribution >= 0.6 is 0 Å². The average molecular weight is 344 g/mol. The highest BCUT2D eigenvalue weighted by Crippen LogP contribution is 2.22. The summed E-state index contributed by atoms with van der Waals surface area (Å²) in [6, 6.07) is 7.60. The van der Waals surface area contributed by atoms with Crippen molar-refractivity contribution in [3.63, 3.8) is 0 Å². The van der Waals surface area contributed by atoms with Gasteiger partial charge in [0.25, 0.3) is 10.0 Å². The van der Waals surface area contributed by atoms with Gasteiger partial charge >= 0.3 is 0 Å². The molecule has 2 aromatic heterocycles. The van der Waals surface area contributed by atoms with Crippen LogP contribution in [0.2, 0.25) is 0 Å². The normalized spacial score (nSPS) is 11.6. The SMILES string of the molecule is CC(=O)c1cccc(S(=O)(=O)Nc2cnc3c(c2)c(C)nn3C)c1. The number of nitrogens with zero attached hydrogens (tertiary/aromatic N) is 3. The first-order chi connectivity index (χ1) is 11.3. The van der Waals surface area contributed by atoms with E-state index in [1.54, 1.807) is 23.9 Å². The lowest BCUT2D eigenvalue weighted by molar-refractivity contribution is 0.101. The van der Waals surface area contributed by atoms with Crippen LogP contribution in [0.4, 0.5) is 5.69 Å². The van der Waals surface area contributed by atoms with Crippen LogP contribution in [-0.4, -0.2) is 29.0 Å². The van der Waals surface area contributed by atoms with Gasteiger partial charge in [0, 0.05) is 18.0 Å². The van der Waals surface area contributed by atoms with Gasteiger partial charge < -0.3 is 0 Å². The van der Waals surface area contributed by atoms with Crippen molar-refractivity contribution >= 4 is 32.5 Å². The van der Waals surface area contributed by atoms with Crippen molar-refractivity contribution in [1.82, 2.24) is 14.8 Å². The van der Waals surface area contributed by atoms with Gasteiger partial charge in [0.2, 0.25) is 0 Å². The molecule has 0 aliphatic rings. The predicted molar refractivity (Wildman–Crippen MR) is 90.5 cm³/mol. The number of carbonyl (C=O) groups excluding carboxylic acids is 1. The van der Waals surface area contributed by atoms with E-state index in [1.165, 1.54) is 31.3 Å². The number of ketones is 1. The second-order valence-electron chi connectivity index (χ2n) is 5.49. The molecule has 0 bridgehead atoms. The summed E-state index contributed by atoms with van der Waals surface area (Å²) < 4.78 is 29.2. The highest BCUT2D eigenvalue weighted by molar-refractivity contribution is 7.92. The molecule has 2 heterocycles. The molecule has 0 fully saturated rings. The van der Waals surface area contributed by atoms with Crippen molar-refractivity contribution in [2.75, 3.05) is 4.72 Å². The number of nitrogens with one attached hydrogen (secondary N) is 1. The summed E-state index contributed by atoms with van der Waals surface area (Å²) >= 11 is 0. The number of Topliss-reactive ketones (excluding diaryl/α,β-unsaturated/α-hetero) is 1. The molecule has 0 saturated carbocycles. The quantitative estimate of drug-likeness (QED) is 0.733. The minimum absolute atomic E-state index is 0.0261. The maximum atomic E-state index is 12.5. The van der Waals surface area contributed by atoms with Gasteiger partial charge in [0.15, 0.2) is 11.4 Å². The number of rotatable bonds is 4. The third-order valence-electron chi connectivity index (χ3n) is 3.67. The molecule has 7 nitrogen and oxygen atoms in total. The van der Waals surface area contributed by atoms with E-state index in [0.29, 0.717) is 16.9 Å². The molecule has 0 atom stereocenters. The Morgan fingerprint density at radius 2 is 2.00 bits per heavy atom. The zero-order valence-electron chi connectivity index (χ0n) is 13.4. The Kier molecular flexibility index (Phi) is 3.84. The van der Waals surface area contributed by atoms with E-state index >= 15 is 0 Å². The van der Waals surface area contributed by atoms with Crippen molar-refractivity contribution in [2.24, 2.45) is 7.05 Å². The van der Waals surface area contributed by atoms with Crippen LogP contribution in [0.1, 0.15) is 23.0 Å². The van der Waals surface area contributed by atoms with Gasteiger partial charge in [-0.05, 0) is 32.0 Å². The summed E-state index contributed by atoms with van der Waals surface area (Å²) in [6.07, 6.45) is 1.44. The van der Waals surface area contributed by atoms with Gasteiger partial charge in [0.1, 0.15) is 0 Å². The van der Waals surface area contributed by atoms with Crippen LogP contribution in [0.3, 0.4) is 0 Å². The van der Waals surface area contributed by atoms with Crippen LogP contribution in [0.5, 0.6) is 0 Å². The minimum atomic E-state index is -3.81. The number of fused-ring (bicyclic) bond motifs is 1. The molecule has 0 amide bonds. The molecule has 0 radical (unpaired) electrons. The third kappa shape index (κ3) is 2.88. The topological polar surface area (TPSA) is 93.9 Å². The van der Waals surface area contributed by atoms with Crippen molar-refractivity contribution in [1.29, 1.82) is 0 Å². The summed E-state index contributed by atoms with van der Waals surface area (Å²) in [5, 5.41) is 5.03. The summed E-state index contributed by atoms with van der Waals surface area (Å²) in [6.45, 7) is 3.22. The van der Waals surface area contributed by atoms with Crippen molar-refractivity contribution in [2.45, 2.75) is 18.7 Å². The smallest absolute Gasteiger partial charge is 0.261 e. The van der Waals surface area contributed by atoms with Crippen molar-refractivity contribution in [3.05, 3.63) is 47.8 Å². The molecule has 0 spiro atoms. The minimum Gasteiger partial charge on any atom is -0.295 e. The van der Waals surface area contributed by atoms with Crippen molar-refractivity contribution in [3.8, 4) is 0 Å². The Morgan fingerprint density at radius 3 is 2.71 bits per heavy atom. The van der Waals surface area contributed by atoms with Crippen molar-refractivity contribution < 1.29 is 13.2 Å². The Balaban J connectivity index is 1.99. The van der Waals surface area contributed by atoms with Crippen LogP contribution in [0.15, 0.2) is 41.4 Å². The fourth-order valence-electron chi connectivity index (χ4n) is 2.46. The predicted octanol–water partition coefficient (Wildman–Crippen LogP) is 2.28. The molecule has 3 rings (SSSR count). The van der Waals surface area contributed by atoms with E-state index in [0.717, 1.165) is 11.1 Å². The van der Waals surface area contributed by atoms with Crippen LogP contribution in [0, 0.1) is 6.92 Å². The van der Waals surface area contributed by atoms with E-state index in [1.807, 2.05) is 6.92 Å². The first kappa shape index (κ1) is 16.1. The number of benzene rings is 1. The molecule has 124 valence electrons. The Hall–Kier alpha value is -2.74. The van der Waals surface area contributed by atoms with E-state index < -0.39 is 10.0 Å². The summed E-state index contributed by atoms with van der Waals surface area (Å²) in [5.74, 6) is -0.193. The van der Waals surface area contributed by atoms with Crippen LogP contribution < -0.4 is 4.72 Å². The number of pyridine rings is 1. The molecule has 0 aliphatic carbocycles. The van der Waals surface area contributed by atoms with Crippen LogP contribution in [0.25, 0.3) is 11.0 Å². The first-order valence-electron chi connectivity index (χ1n) is 7.21. The number of sulfonamides is 1. The fourth-order valence-corrected chi connectivity index (χ4v) is 3.54. The van der Waals surface area contributed by atoms with Gasteiger partial charge in [-0.15, -0.1) is 0 Å². The molecule has 0 saturated heterocycles. The summed E-state index contributed by atoms with van der Waals surface area (Å²) in [5.41, 5.74) is 2.12. The number of hydrogen-bond acceptors (Lipinski definition) is 5. The Bertz CT molecular complexity index is 1050. The average Bonchev–Trinajstić information content (AvgIpc) is 2.81. The van der Waals surface area contributed by atoms with E-state index in [9.17, 15) is 13.2 Å². The second-order valence-corrected chi connectivity index (χ2v) is 7.18. The van der Waals surface area contributed by atoms with Gasteiger partial charge in [-0.3, -0.25) is 14.2 Å². The lowest BCUT2D eigenvalue weighted by atomic mass is 10.2. The number of aromatic nitrogens is 3. The van der Waals surface area contributed by atoms with Crippen LogP contribution in [-0.2, 0) is 17.1 Å². The number of anilines is 1. The maximum Gasteiger partial charge on any atom is 0.261 e. The monoisotopic (exact) mass is 344 g/mol. The molecule has 1 aromatic carbocycles. The lowest BCUT2D eigenvalue weighted by Gasteiger charge is -2.09. The zero-order chi connectivity index (χ0) is 17.5. The molecule has 3 aromatic rings. The first-order valence-corrected chi connectivity index (χ1v) is 8.69. The molecule has 0 aliphatic heterocycles. The summed E-state index contributed by atoms with van der Waals surface area (Å²) in [7, 11) is -2.04. The number of hydrogen-bond donors (Lipinski definition) is 1. The van der Waals surface area contributed by atoms with E-state index in [-0.39, 0.29) is 10.7 Å². The highest BCUT2D eigenvalue weighted by Gasteiger charge is 2.17. The van der Waals surface area contributed by atoms with Gasteiger partial charge in [0.05, 0.1) is 22.5 Å². The van der Waals surface area contributed by atoms with Gasteiger partial charge in [-0.25, -0.2) is 13.4 Å². The summed E-state index contributed by atoms with van der Waals surface area (Å²) in [4.78, 5) is 15.7. The largest absolute Gasteiger partial charge is 0.295 e. The number of aryl methyl sites for hydroxylation is 2. The maximum absolute atomic E-state index is 12.5. The molecular weight excluding hydrogens is 328 g/mol. The van der Waals surface area contributed by atoms with E-state index in [4.69, 9.17) is 0 Å². The standard InChI is InChI=1S/C16H16N4O3S/c1-10-15-8-13(9-17-16(15)20(3)18-10)19-24(22,23)14-6-4-5-12(7-14)11(2)21/h4-9,19H,1-3H3. The Morgan fingerprint density at radius 1 is 1.25 bits per heavy atom.